The van der Waals surface area contributed by atoms with Crippen LogP contribution in [0.3, 0.4) is 0 Å². The van der Waals surface area contributed by atoms with E-state index in [0.29, 0.717) is 28.8 Å². The Kier molecular flexibility index (Phi) is 7.11. The van der Waals surface area contributed by atoms with Crippen LogP contribution in [0.5, 0.6) is 5.75 Å². The van der Waals surface area contributed by atoms with E-state index in [9.17, 15) is 9.90 Å². The molecule has 0 bridgehead atoms. The minimum Gasteiger partial charge on any atom is -0.494 e. The molecule has 3 N–H and O–H groups in total. The maximum Gasteiger partial charge on any atom is 0.232 e. The van der Waals surface area contributed by atoms with Crippen molar-refractivity contribution in [2.75, 3.05) is 26.5 Å². The molecule has 1 amide bonds. The maximum atomic E-state index is 12.2. The van der Waals surface area contributed by atoms with Gasteiger partial charge in [0, 0.05) is 25.3 Å². The second kappa shape index (κ2) is 10.2. The first-order chi connectivity index (χ1) is 16.4. The number of hydrogen-bond donors (Lipinski definition) is 2. The van der Waals surface area contributed by atoms with Crippen LogP contribution in [0.1, 0.15) is 18.8 Å². The number of aliphatic hydroxyl groups is 1. The summed E-state index contributed by atoms with van der Waals surface area (Å²) in [6.07, 6.45) is -1.35. The highest BCUT2D eigenvalue weighted by atomic mass is 32.2. The van der Waals surface area contributed by atoms with Crippen molar-refractivity contribution in [3.8, 4) is 22.8 Å². The van der Waals surface area contributed by atoms with Crippen LogP contribution in [0.15, 0.2) is 59.8 Å². The van der Waals surface area contributed by atoms with Crippen LogP contribution in [0.2, 0.25) is 0 Å². The van der Waals surface area contributed by atoms with Crippen LogP contribution in [-0.2, 0) is 4.79 Å². The molecule has 176 valence electrons. The molecule has 0 saturated heterocycles. The van der Waals surface area contributed by atoms with Gasteiger partial charge in [0.1, 0.15) is 23.2 Å². The smallest absolute Gasteiger partial charge is 0.232 e. The number of aliphatic hydroxyl groups excluding tert-OH is 1. The van der Waals surface area contributed by atoms with Gasteiger partial charge in [-0.2, -0.15) is 0 Å². The maximum absolute atomic E-state index is 12.2. The molecular weight excluding hydrogens is 452 g/mol. The summed E-state index contributed by atoms with van der Waals surface area (Å²) in [4.78, 5) is 27.8. The van der Waals surface area contributed by atoms with Crippen molar-refractivity contribution in [1.82, 2.24) is 24.4 Å². The average molecular weight is 479 g/mol. The number of benzene rings is 2. The summed E-state index contributed by atoms with van der Waals surface area (Å²) < 4.78 is 7.38. The SMILES string of the molecule is CCOc1ccc(-c2nc(C(N)O)c3nc(SCC(=O)N(C)C)n(-c4ccccc4)c3n2)cc1. The Bertz CT molecular complexity index is 1290. The molecule has 4 aromatic rings. The van der Waals surface area contributed by atoms with E-state index >= 15 is 0 Å². The van der Waals surface area contributed by atoms with Crippen LogP contribution >= 0.6 is 11.8 Å². The van der Waals surface area contributed by atoms with Crippen LogP contribution in [0.4, 0.5) is 0 Å². The van der Waals surface area contributed by atoms with Gasteiger partial charge in [-0.25, -0.2) is 15.0 Å². The number of aromatic nitrogens is 4. The van der Waals surface area contributed by atoms with Gasteiger partial charge < -0.3 is 20.5 Å². The average Bonchev–Trinajstić information content (AvgIpc) is 3.21. The fourth-order valence-corrected chi connectivity index (χ4v) is 4.31. The second-order valence-electron chi connectivity index (χ2n) is 7.65. The monoisotopic (exact) mass is 478 g/mol. The number of rotatable bonds is 8. The summed E-state index contributed by atoms with van der Waals surface area (Å²) in [5.41, 5.74) is 8.52. The van der Waals surface area contributed by atoms with E-state index in [0.717, 1.165) is 17.0 Å². The summed E-state index contributed by atoms with van der Waals surface area (Å²) in [6.45, 7) is 2.49. The van der Waals surface area contributed by atoms with Gasteiger partial charge >= 0.3 is 0 Å². The van der Waals surface area contributed by atoms with Crippen LogP contribution in [0, 0.1) is 0 Å². The third-order valence-electron chi connectivity index (χ3n) is 5.04. The molecule has 4 rings (SSSR count). The van der Waals surface area contributed by atoms with Crippen molar-refractivity contribution in [3.63, 3.8) is 0 Å². The zero-order chi connectivity index (χ0) is 24.2. The normalized spacial score (nSPS) is 12.0. The lowest BCUT2D eigenvalue weighted by Gasteiger charge is -2.12. The number of imidazole rings is 1. The number of nitrogens with two attached hydrogens (primary N) is 1. The van der Waals surface area contributed by atoms with E-state index < -0.39 is 6.23 Å². The highest BCUT2D eigenvalue weighted by Crippen LogP contribution is 2.31. The van der Waals surface area contributed by atoms with Crippen molar-refractivity contribution in [2.24, 2.45) is 5.73 Å². The first-order valence-corrected chi connectivity index (χ1v) is 11.7. The summed E-state index contributed by atoms with van der Waals surface area (Å²) in [5, 5.41) is 10.9. The number of ether oxygens (including phenoxy) is 1. The lowest BCUT2D eigenvalue weighted by molar-refractivity contribution is -0.125. The molecule has 1 atom stereocenters. The summed E-state index contributed by atoms with van der Waals surface area (Å²) in [5.74, 6) is 1.29. The second-order valence-corrected chi connectivity index (χ2v) is 8.59. The Balaban J connectivity index is 1.90. The molecule has 0 aliphatic rings. The van der Waals surface area contributed by atoms with Crippen LogP contribution in [-0.4, -0.2) is 61.9 Å². The first kappa shape index (κ1) is 23.7. The zero-order valence-electron chi connectivity index (χ0n) is 19.2. The number of para-hydroxylation sites is 1. The van der Waals surface area contributed by atoms with Gasteiger partial charge in [0.05, 0.1) is 12.4 Å². The standard InChI is InChI=1S/C24H26N6O3S/c1-4-33-17-12-10-15(11-13-17)22-26-19(21(25)32)20-23(28-22)30(16-8-6-5-7-9-16)24(27-20)34-14-18(31)29(2)3/h5-13,21,32H,4,14,25H2,1-3H3. The van der Waals surface area contributed by atoms with Crippen LogP contribution in [0.25, 0.3) is 28.2 Å². The molecule has 0 aliphatic carbocycles. The fraction of sp³-hybridized carbons (Fsp3) is 0.250. The number of carbonyl (C=O) groups excluding carboxylic acids is 1. The minimum atomic E-state index is -1.35. The predicted molar refractivity (Wildman–Crippen MR) is 132 cm³/mol. The molecular formula is C24H26N6O3S. The van der Waals surface area contributed by atoms with Crippen molar-refractivity contribution in [1.29, 1.82) is 0 Å². The number of hydrogen-bond acceptors (Lipinski definition) is 8. The third kappa shape index (κ3) is 4.89. The Labute approximate surface area is 201 Å². The largest absolute Gasteiger partial charge is 0.494 e. The van der Waals surface area contributed by atoms with E-state index in [2.05, 4.69) is 9.97 Å². The Hall–Kier alpha value is -3.47. The van der Waals surface area contributed by atoms with Gasteiger partial charge in [-0.1, -0.05) is 30.0 Å². The number of fused-ring (bicyclic) bond motifs is 1. The Morgan fingerprint density at radius 1 is 1.12 bits per heavy atom. The molecule has 2 aromatic heterocycles. The fourth-order valence-electron chi connectivity index (χ4n) is 3.32. The van der Waals surface area contributed by atoms with Gasteiger partial charge in [0.15, 0.2) is 16.6 Å². The number of nitrogens with zero attached hydrogens (tertiary/aromatic N) is 5. The van der Waals surface area contributed by atoms with Crippen molar-refractivity contribution in [2.45, 2.75) is 18.3 Å². The quantitative estimate of drug-likeness (QED) is 0.293. The molecule has 2 aromatic carbocycles. The first-order valence-electron chi connectivity index (χ1n) is 10.7. The van der Waals surface area contributed by atoms with Crippen LogP contribution < -0.4 is 10.5 Å². The Morgan fingerprint density at radius 3 is 2.44 bits per heavy atom. The summed E-state index contributed by atoms with van der Waals surface area (Å²) >= 11 is 1.29. The van der Waals surface area contributed by atoms with E-state index in [4.69, 9.17) is 15.5 Å². The van der Waals surface area contributed by atoms with E-state index in [1.165, 1.54) is 16.7 Å². The summed E-state index contributed by atoms with van der Waals surface area (Å²) in [7, 11) is 3.42. The molecule has 34 heavy (non-hydrogen) atoms. The van der Waals surface area contributed by atoms with E-state index in [1.807, 2.05) is 66.1 Å². The number of amides is 1. The zero-order valence-corrected chi connectivity index (χ0v) is 20.0. The molecule has 10 heteroatoms. The van der Waals surface area contributed by atoms with Crippen molar-refractivity contribution in [3.05, 3.63) is 60.3 Å². The topological polar surface area (TPSA) is 119 Å². The molecule has 2 heterocycles. The summed E-state index contributed by atoms with van der Waals surface area (Å²) in [6, 6.07) is 17.0. The van der Waals surface area contributed by atoms with E-state index in [-0.39, 0.29) is 17.4 Å². The van der Waals surface area contributed by atoms with Gasteiger partial charge in [-0.05, 0) is 43.3 Å². The van der Waals surface area contributed by atoms with Gasteiger partial charge in [0.25, 0.3) is 0 Å². The number of carbonyl (C=O) groups is 1. The molecule has 0 radical (unpaired) electrons. The predicted octanol–water partition coefficient (Wildman–Crippen LogP) is 3.01. The van der Waals surface area contributed by atoms with E-state index in [1.54, 1.807) is 14.1 Å². The molecule has 1 unspecified atom stereocenters. The highest BCUT2D eigenvalue weighted by molar-refractivity contribution is 7.99. The van der Waals surface area contributed by atoms with Gasteiger partial charge in [-0.15, -0.1) is 0 Å². The molecule has 0 spiro atoms. The molecule has 0 saturated carbocycles. The van der Waals surface area contributed by atoms with Gasteiger partial charge in [0.2, 0.25) is 5.91 Å². The molecule has 0 aliphatic heterocycles. The Morgan fingerprint density at radius 2 is 1.82 bits per heavy atom. The van der Waals surface area contributed by atoms with Gasteiger partial charge in [-0.3, -0.25) is 9.36 Å². The molecule has 9 nitrogen and oxygen atoms in total. The highest BCUT2D eigenvalue weighted by Gasteiger charge is 2.23. The van der Waals surface area contributed by atoms with Crippen molar-refractivity contribution < 1.29 is 14.6 Å². The lowest BCUT2D eigenvalue weighted by atomic mass is 10.2. The molecule has 0 fully saturated rings. The number of thioether (sulfide) groups is 1. The van der Waals surface area contributed by atoms with Crippen molar-refractivity contribution >= 4 is 28.8 Å². The minimum absolute atomic E-state index is 0.0445. The lowest BCUT2D eigenvalue weighted by Crippen LogP contribution is -2.23. The third-order valence-corrected chi connectivity index (χ3v) is 5.97.